The van der Waals surface area contributed by atoms with Crippen LogP contribution in [-0.2, 0) is 9.53 Å². The first-order chi connectivity index (χ1) is 5.51. The fourth-order valence-electron chi connectivity index (χ4n) is 0.983. The summed E-state index contributed by atoms with van der Waals surface area (Å²) in [5, 5.41) is 9.30. The molecule has 1 fully saturated rings. The SMILES string of the molecule is CC(C)(O)COC1CN(C=O)C1. The molecule has 0 radical (unpaired) electrons. The quantitative estimate of drug-likeness (QED) is 0.589. The van der Waals surface area contributed by atoms with Gasteiger partial charge in [-0.05, 0) is 13.8 Å². The Labute approximate surface area is 72.1 Å². The van der Waals surface area contributed by atoms with Crippen LogP contribution in [0.4, 0.5) is 0 Å². The van der Waals surface area contributed by atoms with E-state index < -0.39 is 5.60 Å². The summed E-state index contributed by atoms with van der Waals surface area (Å²) in [4.78, 5) is 11.8. The summed E-state index contributed by atoms with van der Waals surface area (Å²) in [5.41, 5.74) is -0.776. The fourth-order valence-corrected chi connectivity index (χ4v) is 0.983. The minimum Gasteiger partial charge on any atom is -0.388 e. The first-order valence-corrected chi connectivity index (χ1v) is 4.04. The molecule has 0 aromatic heterocycles. The third kappa shape index (κ3) is 2.79. The van der Waals surface area contributed by atoms with Crippen molar-refractivity contribution in [3.63, 3.8) is 0 Å². The molecule has 0 saturated carbocycles. The van der Waals surface area contributed by atoms with Crippen LogP contribution in [0.2, 0.25) is 0 Å². The lowest BCUT2D eigenvalue weighted by molar-refractivity contribution is -0.137. The van der Waals surface area contributed by atoms with Gasteiger partial charge in [-0.25, -0.2) is 0 Å². The van der Waals surface area contributed by atoms with E-state index in [4.69, 9.17) is 4.74 Å². The van der Waals surface area contributed by atoms with Crippen molar-refractivity contribution in [1.82, 2.24) is 4.90 Å². The van der Waals surface area contributed by atoms with Crippen molar-refractivity contribution in [3.8, 4) is 0 Å². The first kappa shape index (κ1) is 9.48. The molecule has 0 aromatic rings. The Morgan fingerprint density at radius 1 is 1.67 bits per heavy atom. The zero-order chi connectivity index (χ0) is 9.19. The number of aliphatic hydroxyl groups is 1. The van der Waals surface area contributed by atoms with Gasteiger partial charge >= 0.3 is 0 Å². The first-order valence-electron chi connectivity index (χ1n) is 4.04. The van der Waals surface area contributed by atoms with Crippen LogP contribution in [0, 0.1) is 0 Å². The summed E-state index contributed by atoms with van der Waals surface area (Å²) in [6.45, 7) is 5.02. The second-order valence-electron chi connectivity index (χ2n) is 3.80. The highest BCUT2D eigenvalue weighted by molar-refractivity contribution is 5.48. The van der Waals surface area contributed by atoms with Crippen LogP contribution in [0.1, 0.15) is 13.8 Å². The molecule has 1 aliphatic heterocycles. The lowest BCUT2D eigenvalue weighted by Crippen LogP contribution is -2.52. The van der Waals surface area contributed by atoms with Gasteiger partial charge in [-0.15, -0.1) is 0 Å². The van der Waals surface area contributed by atoms with E-state index >= 15 is 0 Å². The second kappa shape index (κ2) is 3.41. The Morgan fingerprint density at radius 3 is 2.67 bits per heavy atom. The molecule has 70 valence electrons. The predicted molar refractivity (Wildman–Crippen MR) is 43.7 cm³/mol. The highest BCUT2D eigenvalue weighted by Crippen LogP contribution is 2.11. The molecule has 1 saturated heterocycles. The van der Waals surface area contributed by atoms with Gasteiger partial charge in [0.1, 0.15) is 0 Å². The molecule has 1 N–H and O–H groups in total. The molecule has 0 aliphatic carbocycles. The van der Waals surface area contributed by atoms with E-state index in [1.54, 1.807) is 18.7 Å². The van der Waals surface area contributed by atoms with Gasteiger partial charge in [0.05, 0.1) is 18.3 Å². The van der Waals surface area contributed by atoms with Crippen LogP contribution in [0.3, 0.4) is 0 Å². The van der Waals surface area contributed by atoms with Crippen molar-refractivity contribution in [3.05, 3.63) is 0 Å². The van der Waals surface area contributed by atoms with Gasteiger partial charge < -0.3 is 14.7 Å². The molecule has 1 rings (SSSR count). The number of hydrogen-bond acceptors (Lipinski definition) is 3. The van der Waals surface area contributed by atoms with Gasteiger partial charge in [-0.3, -0.25) is 4.79 Å². The third-order valence-corrected chi connectivity index (χ3v) is 1.70. The maximum atomic E-state index is 10.2. The standard InChI is InChI=1S/C8H15NO3/c1-8(2,11)5-12-7-3-9(4-7)6-10/h6-7,11H,3-5H2,1-2H3. The number of carbonyl (C=O) groups is 1. The van der Waals surface area contributed by atoms with Crippen molar-refractivity contribution >= 4 is 6.41 Å². The van der Waals surface area contributed by atoms with Crippen LogP contribution in [0.25, 0.3) is 0 Å². The molecule has 1 heterocycles. The number of likely N-dealkylation sites (tertiary alicyclic amines) is 1. The molecule has 1 aliphatic rings. The molecule has 4 nitrogen and oxygen atoms in total. The number of nitrogens with zero attached hydrogens (tertiary/aromatic N) is 1. The van der Waals surface area contributed by atoms with E-state index in [0.29, 0.717) is 19.7 Å². The summed E-state index contributed by atoms with van der Waals surface area (Å²) >= 11 is 0. The van der Waals surface area contributed by atoms with Crippen molar-refractivity contribution in [2.75, 3.05) is 19.7 Å². The Bertz CT molecular complexity index is 158. The lowest BCUT2D eigenvalue weighted by Gasteiger charge is -2.37. The number of hydrogen-bond donors (Lipinski definition) is 1. The summed E-state index contributed by atoms with van der Waals surface area (Å²) in [6, 6.07) is 0. The molecule has 0 aromatic carbocycles. The summed E-state index contributed by atoms with van der Waals surface area (Å²) in [5.74, 6) is 0. The van der Waals surface area contributed by atoms with Crippen LogP contribution in [-0.4, -0.2) is 47.8 Å². The smallest absolute Gasteiger partial charge is 0.209 e. The molecule has 0 atom stereocenters. The van der Waals surface area contributed by atoms with Crippen molar-refractivity contribution < 1.29 is 14.6 Å². The van der Waals surface area contributed by atoms with E-state index in [1.807, 2.05) is 0 Å². The van der Waals surface area contributed by atoms with Crippen LogP contribution in [0.5, 0.6) is 0 Å². The maximum absolute atomic E-state index is 10.2. The van der Waals surface area contributed by atoms with Gasteiger partial charge in [-0.1, -0.05) is 0 Å². The molecule has 1 amide bonds. The number of ether oxygens (including phenoxy) is 1. The highest BCUT2D eigenvalue weighted by atomic mass is 16.5. The third-order valence-electron chi connectivity index (χ3n) is 1.70. The lowest BCUT2D eigenvalue weighted by atomic mass is 10.1. The predicted octanol–water partition coefficient (Wildman–Crippen LogP) is -0.386. The minimum atomic E-state index is -0.776. The molecular formula is C8H15NO3. The topological polar surface area (TPSA) is 49.8 Å². The Balaban J connectivity index is 2.08. The molecule has 0 bridgehead atoms. The number of amides is 1. The molecular weight excluding hydrogens is 158 g/mol. The summed E-state index contributed by atoms with van der Waals surface area (Å²) in [6.07, 6.45) is 0.922. The van der Waals surface area contributed by atoms with E-state index in [9.17, 15) is 9.90 Å². The normalized spacial score (nSPS) is 19.1. The van der Waals surface area contributed by atoms with Gasteiger partial charge in [0.15, 0.2) is 0 Å². The average Bonchev–Trinajstić information content (AvgIpc) is 1.82. The molecule has 12 heavy (non-hydrogen) atoms. The van der Waals surface area contributed by atoms with Gasteiger partial charge in [0.25, 0.3) is 0 Å². The van der Waals surface area contributed by atoms with E-state index in [0.717, 1.165) is 6.41 Å². The summed E-state index contributed by atoms with van der Waals surface area (Å²) < 4.78 is 5.32. The molecule has 0 spiro atoms. The zero-order valence-corrected chi connectivity index (χ0v) is 7.49. The Kier molecular flexibility index (Phi) is 2.69. The molecule has 4 heteroatoms. The van der Waals surface area contributed by atoms with E-state index in [2.05, 4.69) is 0 Å². The minimum absolute atomic E-state index is 0.113. The van der Waals surface area contributed by atoms with E-state index in [1.165, 1.54) is 0 Å². The largest absolute Gasteiger partial charge is 0.388 e. The van der Waals surface area contributed by atoms with E-state index in [-0.39, 0.29) is 6.10 Å². The van der Waals surface area contributed by atoms with Crippen molar-refractivity contribution in [2.45, 2.75) is 25.6 Å². The van der Waals surface area contributed by atoms with Crippen LogP contribution >= 0.6 is 0 Å². The van der Waals surface area contributed by atoms with Crippen molar-refractivity contribution in [2.24, 2.45) is 0 Å². The molecule has 0 unspecified atom stereocenters. The van der Waals surface area contributed by atoms with Gasteiger partial charge in [0, 0.05) is 13.1 Å². The monoisotopic (exact) mass is 173 g/mol. The highest BCUT2D eigenvalue weighted by Gasteiger charge is 2.27. The Hall–Kier alpha value is -0.610. The summed E-state index contributed by atoms with van der Waals surface area (Å²) in [7, 11) is 0. The van der Waals surface area contributed by atoms with Crippen LogP contribution in [0.15, 0.2) is 0 Å². The number of rotatable bonds is 4. The van der Waals surface area contributed by atoms with Crippen molar-refractivity contribution in [1.29, 1.82) is 0 Å². The van der Waals surface area contributed by atoms with Crippen LogP contribution < -0.4 is 0 Å². The van der Waals surface area contributed by atoms with Gasteiger partial charge in [-0.2, -0.15) is 0 Å². The average molecular weight is 173 g/mol. The number of carbonyl (C=O) groups excluding carboxylic acids is 1. The maximum Gasteiger partial charge on any atom is 0.209 e. The van der Waals surface area contributed by atoms with Gasteiger partial charge in [0.2, 0.25) is 6.41 Å². The second-order valence-corrected chi connectivity index (χ2v) is 3.80. The fraction of sp³-hybridized carbons (Fsp3) is 0.875. The Morgan fingerprint density at radius 2 is 2.25 bits per heavy atom. The zero-order valence-electron chi connectivity index (χ0n) is 7.49.